The quantitative estimate of drug-likeness (QED) is 0.890. The summed E-state index contributed by atoms with van der Waals surface area (Å²) in [6, 6.07) is 6.35. The number of fused-ring (bicyclic) bond motifs is 1. The number of imidazole rings is 1. The Labute approximate surface area is 107 Å². The molecule has 2 N–H and O–H groups in total. The second kappa shape index (κ2) is 5.18. The first-order valence-corrected chi connectivity index (χ1v) is 5.78. The molecule has 0 aliphatic rings. The second-order valence-corrected chi connectivity index (χ2v) is 4.24. The van der Waals surface area contributed by atoms with Crippen LogP contribution in [0.4, 0.5) is 13.2 Å². The molecule has 0 amide bonds. The SMILES string of the molecule is CNC[C@H](O)Cn1c(C(F)(F)F)nc2ccccc21. The summed E-state index contributed by atoms with van der Waals surface area (Å²) in [6.07, 6.45) is -5.46. The maximum atomic E-state index is 12.9. The van der Waals surface area contributed by atoms with Gasteiger partial charge >= 0.3 is 6.18 Å². The summed E-state index contributed by atoms with van der Waals surface area (Å²) in [5.74, 6) is -0.983. The van der Waals surface area contributed by atoms with E-state index in [9.17, 15) is 18.3 Å². The van der Waals surface area contributed by atoms with Crippen molar-refractivity contribution in [2.24, 2.45) is 0 Å². The van der Waals surface area contributed by atoms with E-state index in [1.54, 1.807) is 25.2 Å². The number of aliphatic hydroxyl groups excluding tert-OH is 1. The standard InChI is InChI=1S/C12H14F3N3O/c1-16-6-8(19)7-18-10-5-3-2-4-9(10)17-11(18)12(13,14)15/h2-5,8,16,19H,6-7H2,1H3/t8-/m0/s1. The van der Waals surface area contributed by atoms with Crippen LogP contribution in [0.5, 0.6) is 0 Å². The molecule has 0 saturated carbocycles. The average molecular weight is 273 g/mol. The van der Waals surface area contributed by atoms with Crippen LogP contribution in [0.25, 0.3) is 11.0 Å². The summed E-state index contributed by atoms with van der Waals surface area (Å²) in [5, 5.41) is 12.4. The largest absolute Gasteiger partial charge is 0.449 e. The third-order valence-electron chi connectivity index (χ3n) is 2.74. The number of alkyl halides is 3. The van der Waals surface area contributed by atoms with Gasteiger partial charge in [-0.1, -0.05) is 12.1 Å². The number of benzene rings is 1. The fourth-order valence-corrected chi connectivity index (χ4v) is 1.99. The number of rotatable bonds is 4. The minimum absolute atomic E-state index is 0.157. The molecule has 0 aliphatic heterocycles. The Bertz CT molecular complexity index is 565. The zero-order chi connectivity index (χ0) is 14.0. The van der Waals surface area contributed by atoms with E-state index >= 15 is 0 Å². The molecule has 0 spiro atoms. The van der Waals surface area contributed by atoms with Gasteiger partial charge in [-0.3, -0.25) is 0 Å². The number of halogens is 3. The molecule has 0 bridgehead atoms. The lowest BCUT2D eigenvalue weighted by Gasteiger charge is -2.15. The van der Waals surface area contributed by atoms with Crippen molar-refractivity contribution in [2.45, 2.75) is 18.8 Å². The van der Waals surface area contributed by atoms with E-state index in [4.69, 9.17) is 0 Å². The summed E-state index contributed by atoms with van der Waals surface area (Å²) >= 11 is 0. The molecule has 0 fully saturated rings. The minimum Gasteiger partial charge on any atom is -0.390 e. The molecule has 1 heterocycles. The highest BCUT2D eigenvalue weighted by atomic mass is 19.4. The first-order valence-electron chi connectivity index (χ1n) is 5.78. The zero-order valence-electron chi connectivity index (χ0n) is 10.3. The Hall–Kier alpha value is -1.60. The highest BCUT2D eigenvalue weighted by Gasteiger charge is 2.37. The van der Waals surface area contributed by atoms with Crippen molar-refractivity contribution in [3.63, 3.8) is 0 Å². The number of hydrogen-bond acceptors (Lipinski definition) is 3. The average Bonchev–Trinajstić information content (AvgIpc) is 2.69. The Kier molecular flexibility index (Phi) is 3.77. The third kappa shape index (κ3) is 2.87. The van der Waals surface area contributed by atoms with Crippen LogP contribution in [-0.4, -0.2) is 34.4 Å². The smallest absolute Gasteiger partial charge is 0.390 e. The number of nitrogens with zero attached hydrogens (tertiary/aromatic N) is 2. The van der Waals surface area contributed by atoms with E-state index in [1.165, 1.54) is 6.07 Å². The fourth-order valence-electron chi connectivity index (χ4n) is 1.99. The van der Waals surface area contributed by atoms with Crippen LogP contribution < -0.4 is 5.32 Å². The van der Waals surface area contributed by atoms with E-state index in [2.05, 4.69) is 10.3 Å². The van der Waals surface area contributed by atoms with Crippen LogP contribution in [0.15, 0.2) is 24.3 Å². The maximum Gasteiger partial charge on any atom is 0.449 e. The molecule has 1 aromatic carbocycles. The van der Waals surface area contributed by atoms with E-state index in [0.717, 1.165) is 4.57 Å². The predicted molar refractivity (Wildman–Crippen MR) is 64.7 cm³/mol. The van der Waals surface area contributed by atoms with Gasteiger partial charge in [0.1, 0.15) is 0 Å². The van der Waals surface area contributed by atoms with Gasteiger partial charge in [0, 0.05) is 6.54 Å². The van der Waals surface area contributed by atoms with Crippen LogP contribution in [0.1, 0.15) is 5.82 Å². The lowest BCUT2D eigenvalue weighted by Crippen LogP contribution is -2.29. The van der Waals surface area contributed by atoms with Crippen molar-refractivity contribution >= 4 is 11.0 Å². The molecule has 2 aromatic rings. The lowest BCUT2D eigenvalue weighted by atomic mass is 10.3. The number of aliphatic hydroxyl groups is 1. The molecule has 0 radical (unpaired) electrons. The Morgan fingerprint density at radius 2 is 2.05 bits per heavy atom. The molecule has 4 nitrogen and oxygen atoms in total. The molecule has 104 valence electrons. The first-order chi connectivity index (χ1) is 8.93. The molecule has 1 atom stereocenters. The highest BCUT2D eigenvalue weighted by molar-refractivity contribution is 5.76. The van der Waals surface area contributed by atoms with Crippen molar-refractivity contribution in [1.82, 2.24) is 14.9 Å². The molecule has 7 heteroatoms. The van der Waals surface area contributed by atoms with Crippen molar-refractivity contribution in [3.05, 3.63) is 30.1 Å². The van der Waals surface area contributed by atoms with E-state index in [0.29, 0.717) is 5.52 Å². The Balaban J connectivity index is 2.49. The number of likely N-dealkylation sites (N-methyl/N-ethyl adjacent to an activating group) is 1. The van der Waals surface area contributed by atoms with Gasteiger partial charge in [-0.25, -0.2) is 4.98 Å². The summed E-state index contributed by atoms with van der Waals surface area (Å²) in [6.45, 7) is 0.0556. The Morgan fingerprint density at radius 3 is 2.68 bits per heavy atom. The van der Waals surface area contributed by atoms with Gasteiger partial charge in [0.25, 0.3) is 0 Å². The summed E-state index contributed by atoms with van der Waals surface area (Å²) in [4.78, 5) is 3.60. The van der Waals surface area contributed by atoms with Gasteiger partial charge in [-0.05, 0) is 19.2 Å². The van der Waals surface area contributed by atoms with Crippen LogP contribution in [0, 0.1) is 0 Å². The molecule has 0 saturated heterocycles. The van der Waals surface area contributed by atoms with Gasteiger partial charge in [-0.2, -0.15) is 13.2 Å². The van der Waals surface area contributed by atoms with Crippen molar-refractivity contribution in [2.75, 3.05) is 13.6 Å². The predicted octanol–water partition coefficient (Wildman–Crippen LogP) is 1.64. The highest BCUT2D eigenvalue weighted by Crippen LogP contribution is 2.31. The number of para-hydroxylation sites is 2. The van der Waals surface area contributed by atoms with Gasteiger partial charge in [-0.15, -0.1) is 0 Å². The molecular weight excluding hydrogens is 259 g/mol. The second-order valence-electron chi connectivity index (χ2n) is 4.24. The van der Waals surface area contributed by atoms with E-state index < -0.39 is 18.1 Å². The van der Waals surface area contributed by atoms with Crippen molar-refractivity contribution in [3.8, 4) is 0 Å². The monoisotopic (exact) mass is 273 g/mol. The van der Waals surface area contributed by atoms with Crippen molar-refractivity contribution in [1.29, 1.82) is 0 Å². The molecule has 0 aliphatic carbocycles. The van der Waals surface area contributed by atoms with Gasteiger partial charge in [0.05, 0.1) is 23.7 Å². The minimum atomic E-state index is -4.54. The zero-order valence-corrected chi connectivity index (χ0v) is 10.3. The van der Waals surface area contributed by atoms with Gasteiger partial charge < -0.3 is 15.0 Å². The normalized spacial score (nSPS) is 13.9. The van der Waals surface area contributed by atoms with E-state index in [1.807, 2.05) is 0 Å². The van der Waals surface area contributed by atoms with E-state index in [-0.39, 0.29) is 18.6 Å². The van der Waals surface area contributed by atoms with Gasteiger partial charge in [0.15, 0.2) is 0 Å². The Morgan fingerprint density at radius 1 is 1.37 bits per heavy atom. The van der Waals surface area contributed by atoms with Gasteiger partial charge in [0.2, 0.25) is 5.82 Å². The van der Waals surface area contributed by atoms with Crippen LogP contribution in [0.2, 0.25) is 0 Å². The molecular formula is C12H14F3N3O. The number of nitrogens with one attached hydrogen (secondary N) is 1. The molecule has 0 unspecified atom stereocenters. The maximum absolute atomic E-state index is 12.9. The summed E-state index contributed by atoms with van der Waals surface area (Å²) < 4.78 is 39.8. The summed E-state index contributed by atoms with van der Waals surface area (Å²) in [7, 11) is 1.62. The van der Waals surface area contributed by atoms with Crippen LogP contribution in [-0.2, 0) is 12.7 Å². The van der Waals surface area contributed by atoms with Crippen molar-refractivity contribution < 1.29 is 18.3 Å². The van der Waals surface area contributed by atoms with Crippen LogP contribution in [0.3, 0.4) is 0 Å². The van der Waals surface area contributed by atoms with Crippen LogP contribution >= 0.6 is 0 Å². The molecule has 2 rings (SSSR count). The molecule has 1 aromatic heterocycles. The molecule has 19 heavy (non-hydrogen) atoms. The fraction of sp³-hybridized carbons (Fsp3) is 0.417. The summed E-state index contributed by atoms with van der Waals surface area (Å²) in [5.41, 5.74) is 0.636. The first kappa shape index (κ1) is 13.8. The number of hydrogen-bond donors (Lipinski definition) is 2. The third-order valence-corrected chi connectivity index (χ3v) is 2.74. The number of aromatic nitrogens is 2. The lowest BCUT2D eigenvalue weighted by molar-refractivity contribution is -0.147. The topological polar surface area (TPSA) is 50.1 Å².